The van der Waals surface area contributed by atoms with Gasteiger partial charge in [0.05, 0.1) is 17.1 Å². The minimum atomic E-state index is -0.247. The zero-order chi connectivity index (χ0) is 26.3. The van der Waals surface area contributed by atoms with E-state index in [0.717, 1.165) is 78.8 Å². The zero-order valence-electron chi connectivity index (χ0n) is 22.6. The number of carbonyl (C=O) groups is 1. The average molecular weight is 512 g/mol. The summed E-state index contributed by atoms with van der Waals surface area (Å²) in [5, 5.41) is 12.3. The van der Waals surface area contributed by atoms with Crippen molar-refractivity contribution in [3.8, 4) is 22.3 Å². The van der Waals surface area contributed by atoms with Crippen LogP contribution >= 0.6 is 0 Å². The third kappa shape index (κ3) is 4.46. The third-order valence-electron chi connectivity index (χ3n) is 8.67. The molecule has 1 saturated heterocycles. The summed E-state index contributed by atoms with van der Waals surface area (Å²) in [6, 6.07) is 9.20. The summed E-state index contributed by atoms with van der Waals surface area (Å²) >= 11 is 0. The summed E-state index contributed by atoms with van der Waals surface area (Å²) in [5.74, 6) is 1.23. The fraction of sp³-hybridized carbons (Fsp3) is 0.467. The van der Waals surface area contributed by atoms with Crippen molar-refractivity contribution in [2.45, 2.75) is 71.4 Å². The molecule has 2 aliphatic rings. The fourth-order valence-electron chi connectivity index (χ4n) is 5.72. The van der Waals surface area contributed by atoms with Crippen LogP contribution in [0.4, 0.5) is 5.82 Å². The van der Waals surface area contributed by atoms with E-state index in [-0.39, 0.29) is 11.3 Å². The van der Waals surface area contributed by atoms with Gasteiger partial charge in [-0.3, -0.25) is 9.48 Å². The second-order valence-corrected chi connectivity index (χ2v) is 11.2. The molecule has 2 fully saturated rings. The summed E-state index contributed by atoms with van der Waals surface area (Å²) in [6.07, 6.45) is 16.0. The highest BCUT2D eigenvalue weighted by Crippen LogP contribution is 2.38. The number of hydrogen-bond acceptors (Lipinski definition) is 5. The Labute approximate surface area is 224 Å². The van der Waals surface area contributed by atoms with Gasteiger partial charge in [-0.25, -0.2) is 9.50 Å². The van der Waals surface area contributed by atoms with E-state index in [1.807, 2.05) is 33.9 Å². The number of nitrogens with zero attached hydrogens (tertiary/aromatic N) is 6. The molecule has 0 aromatic carbocycles. The Morgan fingerprint density at radius 3 is 2.50 bits per heavy atom. The predicted octanol–water partition coefficient (Wildman–Crippen LogP) is 5.51. The summed E-state index contributed by atoms with van der Waals surface area (Å²) in [7, 11) is 0. The number of pyridine rings is 2. The van der Waals surface area contributed by atoms with Crippen LogP contribution in [0.25, 0.3) is 27.8 Å². The van der Waals surface area contributed by atoms with Crippen molar-refractivity contribution in [1.29, 1.82) is 0 Å². The molecular formula is C30H37N7O. The van der Waals surface area contributed by atoms with Crippen LogP contribution in [0.1, 0.15) is 65.3 Å². The van der Waals surface area contributed by atoms with Crippen molar-refractivity contribution in [3.63, 3.8) is 0 Å². The van der Waals surface area contributed by atoms with Crippen LogP contribution in [-0.2, 0) is 4.79 Å². The third-order valence-corrected chi connectivity index (χ3v) is 8.67. The first-order valence-electron chi connectivity index (χ1n) is 14.0. The van der Waals surface area contributed by atoms with E-state index >= 15 is 0 Å². The highest BCUT2D eigenvalue weighted by molar-refractivity contribution is 5.84. The Bertz CT molecular complexity index is 1420. The Morgan fingerprint density at radius 1 is 1.05 bits per heavy atom. The summed E-state index contributed by atoms with van der Waals surface area (Å²) in [4.78, 5) is 20.3. The van der Waals surface area contributed by atoms with E-state index in [9.17, 15) is 4.79 Å². The van der Waals surface area contributed by atoms with Crippen LogP contribution in [0.2, 0.25) is 0 Å². The number of rotatable bonds is 7. The van der Waals surface area contributed by atoms with E-state index in [2.05, 4.69) is 71.8 Å². The molecular weight excluding hydrogens is 474 g/mol. The molecule has 1 amide bonds. The molecule has 8 nitrogen and oxygen atoms in total. The standard InChI is InChI=1S/C30H37N7O/c1-4-30(29(38)34-25-6-5-7-25)11-14-35(15-12-30)28-9-8-22(17-31-28)26-16-23(19-37-27(26)10-13-32-37)24-18-33-36(20-24)21(2)3/h8-10,13,16-21,25H,4-7,11-12,14-15H2,1-3H3,(H,34,38). The van der Waals surface area contributed by atoms with E-state index in [4.69, 9.17) is 4.98 Å². The topological polar surface area (TPSA) is 80.4 Å². The lowest BCUT2D eigenvalue weighted by molar-refractivity contribution is -0.133. The van der Waals surface area contributed by atoms with Gasteiger partial charge >= 0.3 is 0 Å². The average Bonchev–Trinajstić information content (AvgIpc) is 3.60. The molecule has 1 aliphatic heterocycles. The summed E-state index contributed by atoms with van der Waals surface area (Å²) in [6.45, 7) is 8.10. The van der Waals surface area contributed by atoms with Crippen molar-refractivity contribution in [2.75, 3.05) is 18.0 Å². The van der Waals surface area contributed by atoms with Gasteiger partial charge in [0.25, 0.3) is 0 Å². The number of anilines is 1. The van der Waals surface area contributed by atoms with Crippen molar-refractivity contribution >= 4 is 17.2 Å². The number of nitrogens with one attached hydrogen (secondary N) is 1. The molecule has 1 aliphatic carbocycles. The van der Waals surface area contributed by atoms with Gasteiger partial charge in [0, 0.05) is 72.2 Å². The van der Waals surface area contributed by atoms with E-state index < -0.39 is 0 Å². The Morgan fingerprint density at radius 2 is 1.87 bits per heavy atom. The Balaban J connectivity index is 1.21. The number of fused-ring (bicyclic) bond motifs is 1. The van der Waals surface area contributed by atoms with Gasteiger partial charge in [-0.05, 0) is 76.6 Å². The van der Waals surface area contributed by atoms with Gasteiger partial charge < -0.3 is 10.2 Å². The molecule has 1 saturated carbocycles. The second-order valence-electron chi connectivity index (χ2n) is 11.2. The van der Waals surface area contributed by atoms with Gasteiger partial charge in [0.15, 0.2) is 0 Å². The lowest BCUT2D eigenvalue weighted by Gasteiger charge is -2.42. The predicted molar refractivity (Wildman–Crippen MR) is 150 cm³/mol. The maximum absolute atomic E-state index is 13.1. The van der Waals surface area contributed by atoms with Crippen LogP contribution in [0, 0.1) is 5.41 Å². The second kappa shape index (κ2) is 9.89. The van der Waals surface area contributed by atoms with Gasteiger partial charge in [-0.2, -0.15) is 10.2 Å². The highest BCUT2D eigenvalue weighted by atomic mass is 16.2. The van der Waals surface area contributed by atoms with Crippen LogP contribution < -0.4 is 10.2 Å². The minimum Gasteiger partial charge on any atom is -0.357 e. The van der Waals surface area contributed by atoms with Gasteiger partial charge in [-0.15, -0.1) is 0 Å². The van der Waals surface area contributed by atoms with Crippen molar-refractivity contribution in [1.82, 2.24) is 29.7 Å². The van der Waals surface area contributed by atoms with E-state index in [0.29, 0.717) is 12.1 Å². The SMILES string of the molecule is CCC1(C(=O)NC2CCC2)CCN(c2ccc(-c3cc(-c4cnn(C(C)C)c4)cn4nccc34)cn2)CC1. The van der Waals surface area contributed by atoms with Crippen LogP contribution in [0.3, 0.4) is 0 Å². The summed E-state index contributed by atoms with van der Waals surface area (Å²) < 4.78 is 3.90. The smallest absolute Gasteiger partial charge is 0.226 e. The van der Waals surface area contributed by atoms with E-state index in [1.54, 1.807) is 0 Å². The first-order valence-corrected chi connectivity index (χ1v) is 14.0. The number of amides is 1. The maximum Gasteiger partial charge on any atom is 0.226 e. The monoisotopic (exact) mass is 511 g/mol. The molecule has 198 valence electrons. The molecule has 0 radical (unpaired) electrons. The molecule has 4 aromatic rings. The van der Waals surface area contributed by atoms with Crippen LogP contribution in [-0.4, -0.2) is 49.4 Å². The molecule has 38 heavy (non-hydrogen) atoms. The zero-order valence-corrected chi connectivity index (χ0v) is 22.6. The Kier molecular flexibility index (Phi) is 6.41. The molecule has 1 N–H and O–H groups in total. The number of carbonyl (C=O) groups excluding carboxylic acids is 1. The van der Waals surface area contributed by atoms with Crippen molar-refractivity contribution in [2.24, 2.45) is 5.41 Å². The molecule has 4 aromatic heterocycles. The lowest BCUT2D eigenvalue weighted by atomic mass is 9.74. The van der Waals surface area contributed by atoms with Gasteiger partial charge in [-0.1, -0.05) is 6.92 Å². The molecule has 0 unspecified atom stereocenters. The summed E-state index contributed by atoms with van der Waals surface area (Å²) in [5.41, 5.74) is 5.08. The van der Waals surface area contributed by atoms with Crippen molar-refractivity contribution in [3.05, 3.63) is 55.2 Å². The van der Waals surface area contributed by atoms with Gasteiger partial charge in [0.2, 0.25) is 5.91 Å². The number of aromatic nitrogens is 5. The Hall–Kier alpha value is -3.68. The van der Waals surface area contributed by atoms with E-state index in [1.165, 1.54) is 6.42 Å². The van der Waals surface area contributed by atoms with Crippen molar-refractivity contribution < 1.29 is 4.79 Å². The first-order chi connectivity index (χ1) is 18.5. The maximum atomic E-state index is 13.1. The number of piperidine rings is 1. The molecule has 0 bridgehead atoms. The largest absolute Gasteiger partial charge is 0.357 e. The minimum absolute atomic E-state index is 0.247. The van der Waals surface area contributed by atoms with Gasteiger partial charge in [0.1, 0.15) is 5.82 Å². The molecule has 8 heteroatoms. The molecule has 0 atom stereocenters. The highest BCUT2D eigenvalue weighted by Gasteiger charge is 2.41. The fourth-order valence-corrected chi connectivity index (χ4v) is 5.72. The van der Waals surface area contributed by atoms with Crippen LogP contribution in [0.5, 0.6) is 0 Å². The normalized spacial score (nSPS) is 17.6. The quantitative estimate of drug-likeness (QED) is 0.354. The first kappa shape index (κ1) is 24.6. The van der Waals surface area contributed by atoms with Crippen LogP contribution in [0.15, 0.2) is 55.2 Å². The molecule has 6 rings (SSSR count). The molecule has 0 spiro atoms. The molecule has 5 heterocycles. The number of hydrogen-bond donors (Lipinski definition) is 1. The lowest BCUT2D eigenvalue weighted by Crippen LogP contribution is -2.52.